The molecule has 1 aromatic heterocycles. The second-order valence-electron chi connectivity index (χ2n) is 6.22. The van der Waals surface area contributed by atoms with Gasteiger partial charge in [0.05, 0.1) is 23.8 Å². The summed E-state index contributed by atoms with van der Waals surface area (Å²) < 4.78 is 5.27. The Morgan fingerprint density at radius 2 is 1.92 bits per heavy atom. The summed E-state index contributed by atoms with van der Waals surface area (Å²) in [6.45, 7) is 5.64. The number of hydrogen-bond acceptors (Lipinski definition) is 8. The maximum absolute atomic E-state index is 10.9. The topological polar surface area (TPSA) is 96.7 Å². The van der Waals surface area contributed by atoms with Crippen molar-refractivity contribution in [3.05, 3.63) is 40.2 Å². The number of nitrogens with one attached hydrogen (secondary N) is 1. The Balaban J connectivity index is 1.85. The smallest absolute Gasteiger partial charge is 0.273 e. The Morgan fingerprint density at radius 1 is 1.19 bits per heavy atom. The zero-order chi connectivity index (χ0) is 18.7. The molecule has 0 unspecified atom stereocenters. The van der Waals surface area contributed by atoms with E-state index >= 15 is 0 Å². The predicted molar refractivity (Wildman–Crippen MR) is 99.4 cm³/mol. The molecule has 1 aromatic carbocycles. The third-order valence-electron chi connectivity index (χ3n) is 4.31. The van der Waals surface area contributed by atoms with Crippen molar-refractivity contribution >= 4 is 23.0 Å². The molecule has 1 saturated heterocycles. The molecule has 2 heterocycles. The Morgan fingerprint density at radius 3 is 2.58 bits per heavy atom. The minimum atomic E-state index is -0.452. The number of non-ortho nitro benzene ring substituents is 1. The molecule has 1 N–H and O–H groups in total. The van der Waals surface area contributed by atoms with Gasteiger partial charge in [-0.3, -0.25) is 10.1 Å². The van der Waals surface area contributed by atoms with Gasteiger partial charge in [-0.25, -0.2) is 9.97 Å². The van der Waals surface area contributed by atoms with Gasteiger partial charge in [0.2, 0.25) is 0 Å². The van der Waals surface area contributed by atoms with E-state index in [1.165, 1.54) is 19.2 Å². The van der Waals surface area contributed by atoms with Crippen molar-refractivity contribution in [2.75, 3.05) is 50.6 Å². The minimum absolute atomic E-state index is 0.0237. The highest BCUT2D eigenvalue weighted by atomic mass is 16.6. The summed E-state index contributed by atoms with van der Waals surface area (Å²) in [5.74, 6) is 2.54. The van der Waals surface area contributed by atoms with E-state index in [1.807, 2.05) is 13.0 Å². The molecule has 0 spiro atoms. The molecule has 0 saturated carbocycles. The van der Waals surface area contributed by atoms with Crippen LogP contribution in [-0.4, -0.2) is 60.1 Å². The number of piperazine rings is 1. The van der Waals surface area contributed by atoms with E-state index in [-0.39, 0.29) is 5.69 Å². The van der Waals surface area contributed by atoms with Crippen molar-refractivity contribution in [2.24, 2.45) is 0 Å². The number of methoxy groups -OCH3 is 1. The first-order valence-electron chi connectivity index (χ1n) is 8.35. The normalized spacial score (nSPS) is 15.0. The van der Waals surface area contributed by atoms with Gasteiger partial charge in [-0.1, -0.05) is 0 Å². The van der Waals surface area contributed by atoms with E-state index in [0.29, 0.717) is 23.1 Å². The zero-order valence-corrected chi connectivity index (χ0v) is 15.1. The van der Waals surface area contributed by atoms with Crippen LogP contribution in [0.3, 0.4) is 0 Å². The Bertz CT molecular complexity index is 805. The molecular formula is C17H22N6O3. The molecule has 138 valence electrons. The summed E-state index contributed by atoms with van der Waals surface area (Å²) in [7, 11) is 3.58. The van der Waals surface area contributed by atoms with Crippen LogP contribution in [0.2, 0.25) is 0 Å². The fraction of sp³-hybridized carbons (Fsp3) is 0.412. The van der Waals surface area contributed by atoms with Crippen LogP contribution in [-0.2, 0) is 0 Å². The average Bonchev–Trinajstić information content (AvgIpc) is 2.62. The van der Waals surface area contributed by atoms with Crippen LogP contribution in [0.5, 0.6) is 5.75 Å². The third-order valence-corrected chi connectivity index (χ3v) is 4.31. The molecular weight excluding hydrogens is 336 g/mol. The monoisotopic (exact) mass is 358 g/mol. The van der Waals surface area contributed by atoms with Crippen molar-refractivity contribution in [1.29, 1.82) is 0 Å². The maximum Gasteiger partial charge on any atom is 0.273 e. The average molecular weight is 358 g/mol. The Kier molecular flexibility index (Phi) is 5.17. The second-order valence-corrected chi connectivity index (χ2v) is 6.22. The van der Waals surface area contributed by atoms with Gasteiger partial charge < -0.3 is 19.9 Å². The van der Waals surface area contributed by atoms with Gasteiger partial charge in [0, 0.05) is 38.3 Å². The molecule has 3 rings (SSSR count). The van der Waals surface area contributed by atoms with Gasteiger partial charge in [0.1, 0.15) is 23.2 Å². The van der Waals surface area contributed by atoms with Gasteiger partial charge in [-0.15, -0.1) is 0 Å². The molecule has 1 aliphatic heterocycles. The van der Waals surface area contributed by atoms with Gasteiger partial charge in [0.25, 0.3) is 5.69 Å². The van der Waals surface area contributed by atoms with Crippen molar-refractivity contribution in [3.63, 3.8) is 0 Å². The highest BCUT2D eigenvalue weighted by Gasteiger charge is 2.17. The number of rotatable bonds is 5. The summed E-state index contributed by atoms with van der Waals surface area (Å²) >= 11 is 0. The summed E-state index contributed by atoms with van der Waals surface area (Å²) in [5, 5.41) is 14.1. The van der Waals surface area contributed by atoms with Crippen molar-refractivity contribution in [1.82, 2.24) is 14.9 Å². The Labute approximate surface area is 151 Å². The number of ether oxygens (including phenoxy) is 1. The van der Waals surface area contributed by atoms with Crippen LogP contribution in [0, 0.1) is 17.0 Å². The van der Waals surface area contributed by atoms with Gasteiger partial charge >= 0.3 is 0 Å². The first kappa shape index (κ1) is 17.9. The molecule has 0 aliphatic carbocycles. The lowest BCUT2D eigenvalue weighted by atomic mass is 10.2. The molecule has 0 atom stereocenters. The highest BCUT2D eigenvalue weighted by molar-refractivity contribution is 5.68. The maximum atomic E-state index is 10.9. The van der Waals surface area contributed by atoms with Crippen LogP contribution >= 0.6 is 0 Å². The zero-order valence-electron chi connectivity index (χ0n) is 15.1. The van der Waals surface area contributed by atoms with E-state index in [4.69, 9.17) is 4.74 Å². The number of hydrogen-bond donors (Lipinski definition) is 1. The van der Waals surface area contributed by atoms with Crippen LogP contribution in [0.25, 0.3) is 0 Å². The van der Waals surface area contributed by atoms with Crippen molar-refractivity contribution in [3.8, 4) is 5.75 Å². The molecule has 9 nitrogen and oxygen atoms in total. The first-order chi connectivity index (χ1) is 12.5. The van der Waals surface area contributed by atoms with Crippen molar-refractivity contribution < 1.29 is 9.66 Å². The first-order valence-corrected chi connectivity index (χ1v) is 8.35. The molecule has 0 radical (unpaired) electrons. The van der Waals surface area contributed by atoms with Crippen LogP contribution < -0.4 is 15.0 Å². The lowest BCUT2D eigenvalue weighted by Crippen LogP contribution is -2.44. The lowest BCUT2D eigenvalue weighted by molar-refractivity contribution is -0.384. The van der Waals surface area contributed by atoms with E-state index in [2.05, 4.69) is 32.1 Å². The molecule has 0 amide bonds. The van der Waals surface area contributed by atoms with E-state index in [1.54, 1.807) is 6.07 Å². The van der Waals surface area contributed by atoms with E-state index in [0.717, 1.165) is 32.0 Å². The quantitative estimate of drug-likeness (QED) is 0.642. The third kappa shape index (κ3) is 3.99. The predicted octanol–water partition coefficient (Wildman–Crippen LogP) is 2.20. The van der Waals surface area contributed by atoms with Gasteiger partial charge in [0.15, 0.2) is 0 Å². The van der Waals surface area contributed by atoms with E-state index in [9.17, 15) is 10.1 Å². The van der Waals surface area contributed by atoms with Crippen LogP contribution in [0.1, 0.15) is 5.82 Å². The summed E-state index contributed by atoms with van der Waals surface area (Å²) in [4.78, 5) is 23.9. The summed E-state index contributed by atoms with van der Waals surface area (Å²) in [5.41, 5.74) is 0.588. The van der Waals surface area contributed by atoms with Crippen LogP contribution in [0.15, 0.2) is 24.3 Å². The molecule has 1 aliphatic rings. The van der Waals surface area contributed by atoms with E-state index < -0.39 is 4.92 Å². The van der Waals surface area contributed by atoms with Gasteiger partial charge in [-0.05, 0) is 20.0 Å². The number of aryl methyl sites for hydroxylation is 1. The Hall–Kier alpha value is -2.94. The molecule has 26 heavy (non-hydrogen) atoms. The van der Waals surface area contributed by atoms with Gasteiger partial charge in [-0.2, -0.15) is 0 Å². The number of benzene rings is 1. The van der Waals surface area contributed by atoms with Crippen LogP contribution in [0.4, 0.5) is 23.0 Å². The number of nitrogens with zero attached hydrogens (tertiary/aromatic N) is 5. The number of nitro benzene ring substituents is 1. The molecule has 1 fully saturated rings. The fourth-order valence-corrected chi connectivity index (χ4v) is 2.85. The SMILES string of the molecule is COc1cc([N+](=O)[O-])ccc1Nc1cc(N2CCN(C)CC2)nc(C)n1. The lowest BCUT2D eigenvalue weighted by Gasteiger charge is -2.33. The number of likely N-dealkylation sites (N-methyl/N-ethyl adjacent to an activating group) is 1. The van der Waals surface area contributed by atoms with Crippen molar-refractivity contribution in [2.45, 2.75) is 6.92 Å². The summed E-state index contributed by atoms with van der Waals surface area (Å²) in [6, 6.07) is 6.32. The fourth-order valence-electron chi connectivity index (χ4n) is 2.85. The molecule has 2 aromatic rings. The highest BCUT2D eigenvalue weighted by Crippen LogP contribution is 2.31. The number of nitro groups is 1. The standard InChI is InChI=1S/C17H22N6O3/c1-12-18-16(11-17(19-12)22-8-6-21(2)7-9-22)20-14-5-4-13(23(24)25)10-15(14)26-3/h4-5,10-11H,6-9H2,1-3H3,(H,18,19,20). The molecule has 9 heteroatoms. The summed E-state index contributed by atoms with van der Waals surface area (Å²) in [6.07, 6.45) is 0. The molecule has 0 bridgehead atoms. The number of anilines is 3. The second kappa shape index (κ2) is 7.52. The number of aromatic nitrogens is 2. The largest absolute Gasteiger partial charge is 0.494 e. The minimum Gasteiger partial charge on any atom is -0.494 e.